The summed E-state index contributed by atoms with van der Waals surface area (Å²) in [5.74, 6) is 0. The number of hydrogen-bond donors (Lipinski definition) is 0. The number of hydrogen-bond acceptors (Lipinski definition) is 0. The molecule has 4 heteroatoms. The quantitative estimate of drug-likeness (QED) is 0.633. The Morgan fingerprint density at radius 2 is 1.55 bits per heavy atom. The van der Waals surface area contributed by atoms with Crippen LogP contribution in [0.2, 0.25) is 0 Å². The van der Waals surface area contributed by atoms with Gasteiger partial charge in [-0.15, -0.1) is 12.2 Å². The Morgan fingerprint density at radius 3 is 2.23 bits per heavy atom. The third-order valence-corrected chi connectivity index (χ3v) is 3.32. The molecule has 0 saturated heterocycles. The molecule has 0 unspecified atom stereocenters. The fourth-order valence-electron chi connectivity index (χ4n) is 2.33. The van der Waals surface area contributed by atoms with Crippen molar-refractivity contribution in [1.82, 2.24) is 0 Å². The molecule has 0 spiro atoms. The molecule has 1 radical (unpaired) electrons. The Morgan fingerprint density at radius 1 is 0.864 bits per heavy atom. The summed E-state index contributed by atoms with van der Waals surface area (Å²) in [6.07, 6.45) is 7.55. The molecule has 111 valence electrons. The molecular formula is C18H16Cl2NTi. The van der Waals surface area contributed by atoms with E-state index in [1.165, 1.54) is 16.7 Å². The summed E-state index contributed by atoms with van der Waals surface area (Å²) in [4.78, 5) is 0. The summed E-state index contributed by atoms with van der Waals surface area (Å²) in [7, 11) is 0. The minimum atomic E-state index is 0. The van der Waals surface area contributed by atoms with E-state index in [0.29, 0.717) is 0 Å². The second-order valence-electron chi connectivity index (χ2n) is 4.63. The van der Waals surface area contributed by atoms with Gasteiger partial charge in [-0.3, -0.25) is 0 Å². The van der Waals surface area contributed by atoms with Crippen LogP contribution in [0, 0.1) is 0 Å². The van der Waals surface area contributed by atoms with Crippen LogP contribution in [-0.2, 0) is 28.3 Å². The molecule has 1 aliphatic carbocycles. The fourth-order valence-corrected chi connectivity index (χ4v) is 2.33. The van der Waals surface area contributed by atoms with Gasteiger partial charge in [0, 0.05) is 0 Å². The van der Waals surface area contributed by atoms with E-state index >= 15 is 0 Å². The van der Waals surface area contributed by atoms with E-state index in [1.54, 1.807) is 0 Å². The first-order valence-electron chi connectivity index (χ1n) is 6.60. The molecule has 0 fully saturated rings. The zero-order chi connectivity index (χ0) is 12.9. The van der Waals surface area contributed by atoms with Crippen molar-refractivity contribution in [3.05, 3.63) is 89.3 Å². The zero-order valence-corrected chi connectivity index (χ0v) is 15.1. The topological polar surface area (TPSA) is 14.1 Å². The standard InChI is InChI=1S/C18H16N.2ClH.Ti/c1-2-11-17(12-3-1)19-14-16-10-6-7-13-18(16)15-8-4-5-9-15;;;/h1-8,10-13H,9,14H2;2*1H;/q-1;;;+3/p-2. The van der Waals surface area contributed by atoms with Crippen LogP contribution in [0.5, 0.6) is 0 Å². The fraction of sp³-hybridized carbons (Fsp3) is 0.111. The van der Waals surface area contributed by atoms with Crippen molar-refractivity contribution in [3.8, 4) is 0 Å². The van der Waals surface area contributed by atoms with Crippen LogP contribution in [0.3, 0.4) is 0 Å². The van der Waals surface area contributed by atoms with Gasteiger partial charge in [0.1, 0.15) is 0 Å². The maximum atomic E-state index is 4.66. The molecule has 0 atom stereocenters. The Bertz CT molecular complexity index is 624. The molecule has 3 rings (SSSR count). The largest absolute Gasteiger partial charge is 3.00 e. The van der Waals surface area contributed by atoms with Crippen molar-refractivity contribution in [2.45, 2.75) is 13.0 Å². The van der Waals surface area contributed by atoms with Gasteiger partial charge in [-0.25, -0.2) is 0 Å². The Balaban J connectivity index is 0.00000147. The van der Waals surface area contributed by atoms with E-state index in [9.17, 15) is 0 Å². The summed E-state index contributed by atoms with van der Waals surface area (Å²) in [5, 5.41) is 4.66. The SMILES string of the molecule is C1=CCC(c2ccccc2C[N-]c2ccccc2)=C1.[Cl-].[Cl-].[Ti+3]. The molecule has 0 bridgehead atoms. The molecule has 0 amide bonds. The molecule has 22 heavy (non-hydrogen) atoms. The first kappa shape index (κ1) is 21.0. The minimum absolute atomic E-state index is 0. The van der Waals surface area contributed by atoms with Crippen molar-refractivity contribution in [3.63, 3.8) is 0 Å². The molecule has 2 aromatic carbocycles. The maximum absolute atomic E-state index is 4.66. The first-order chi connectivity index (χ1) is 9.43. The second-order valence-corrected chi connectivity index (χ2v) is 4.63. The van der Waals surface area contributed by atoms with Crippen LogP contribution >= 0.6 is 0 Å². The van der Waals surface area contributed by atoms with E-state index in [4.69, 9.17) is 0 Å². The molecule has 2 aromatic rings. The molecule has 0 aromatic heterocycles. The van der Waals surface area contributed by atoms with Gasteiger partial charge in [0.05, 0.1) is 0 Å². The monoisotopic (exact) mass is 364 g/mol. The number of nitrogens with zero attached hydrogens (tertiary/aromatic N) is 1. The van der Waals surface area contributed by atoms with E-state index in [2.05, 4.69) is 47.8 Å². The first-order valence-corrected chi connectivity index (χ1v) is 6.60. The van der Waals surface area contributed by atoms with Crippen LogP contribution in [0.1, 0.15) is 17.5 Å². The Hall–Kier alpha value is -0.986. The van der Waals surface area contributed by atoms with Gasteiger partial charge >= 0.3 is 21.7 Å². The average Bonchev–Trinajstić information content (AvgIpc) is 3.01. The van der Waals surface area contributed by atoms with Gasteiger partial charge in [-0.05, 0) is 17.6 Å². The van der Waals surface area contributed by atoms with Crippen LogP contribution in [0.15, 0.2) is 72.8 Å². The molecule has 0 heterocycles. The third-order valence-electron chi connectivity index (χ3n) is 3.32. The van der Waals surface area contributed by atoms with E-state index in [-0.39, 0.29) is 46.5 Å². The van der Waals surface area contributed by atoms with Gasteiger partial charge in [0.25, 0.3) is 0 Å². The van der Waals surface area contributed by atoms with Gasteiger partial charge in [0.15, 0.2) is 0 Å². The smallest absolute Gasteiger partial charge is 1.00 e. The Labute approximate surface area is 159 Å². The maximum Gasteiger partial charge on any atom is 3.00 e. The van der Waals surface area contributed by atoms with Gasteiger partial charge in [0.2, 0.25) is 0 Å². The van der Waals surface area contributed by atoms with Crippen LogP contribution in [0.25, 0.3) is 10.9 Å². The molecular weight excluding hydrogens is 349 g/mol. The van der Waals surface area contributed by atoms with Gasteiger partial charge in [-0.1, -0.05) is 78.4 Å². The number of halogens is 2. The number of allylic oxidation sites excluding steroid dienone is 4. The van der Waals surface area contributed by atoms with Gasteiger partial charge < -0.3 is 30.1 Å². The molecule has 0 aliphatic heterocycles. The number of para-hydroxylation sites is 1. The van der Waals surface area contributed by atoms with Crippen LogP contribution < -0.4 is 24.8 Å². The predicted octanol–water partition coefficient (Wildman–Crippen LogP) is -0.759. The molecule has 1 nitrogen and oxygen atoms in total. The summed E-state index contributed by atoms with van der Waals surface area (Å²) >= 11 is 0. The van der Waals surface area contributed by atoms with Crippen LogP contribution in [0.4, 0.5) is 5.69 Å². The number of benzene rings is 2. The minimum Gasteiger partial charge on any atom is -1.00 e. The number of rotatable bonds is 4. The molecule has 1 aliphatic rings. The third kappa shape index (κ3) is 5.33. The zero-order valence-electron chi connectivity index (χ0n) is 12.0. The summed E-state index contributed by atoms with van der Waals surface area (Å²) in [6, 6.07) is 18.7. The van der Waals surface area contributed by atoms with Gasteiger partial charge in [-0.2, -0.15) is 0 Å². The predicted molar refractivity (Wildman–Crippen MR) is 81.3 cm³/mol. The van der Waals surface area contributed by atoms with E-state index in [1.807, 2.05) is 30.3 Å². The van der Waals surface area contributed by atoms with Crippen molar-refractivity contribution in [2.24, 2.45) is 0 Å². The van der Waals surface area contributed by atoms with Crippen molar-refractivity contribution in [1.29, 1.82) is 0 Å². The summed E-state index contributed by atoms with van der Waals surface area (Å²) in [6.45, 7) is 0.734. The van der Waals surface area contributed by atoms with Crippen molar-refractivity contribution >= 4 is 11.3 Å². The Kier molecular flexibility index (Phi) is 10.2. The molecule has 0 N–H and O–H groups in total. The van der Waals surface area contributed by atoms with Crippen LogP contribution in [-0.4, -0.2) is 0 Å². The van der Waals surface area contributed by atoms with E-state index < -0.39 is 0 Å². The average molecular weight is 365 g/mol. The van der Waals surface area contributed by atoms with Crippen molar-refractivity contribution < 1.29 is 46.5 Å². The second kappa shape index (κ2) is 10.7. The van der Waals surface area contributed by atoms with Crippen molar-refractivity contribution in [2.75, 3.05) is 0 Å². The molecule has 0 saturated carbocycles. The normalized spacial score (nSPS) is 11.5. The summed E-state index contributed by atoms with van der Waals surface area (Å²) in [5.41, 5.74) is 5.04. The van der Waals surface area contributed by atoms with E-state index in [0.717, 1.165) is 18.7 Å². The summed E-state index contributed by atoms with van der Waals surface area (Å²) < 4.78 is 0.